The van der Waals surface area contributed by atoms with Crippen molar-refractivity contribution in [2.75, 3.05) is 5.75 Å². The zero-order chi connectivity index (χ0) is 17.8. The SMILES string of the molecule is C=Cc1cc(C2C3=C(CCC(C)(C)C3=O)N=C3CCSC32)ccc1F. The standard InChI is InChI=1S/C21H22FNOS/c1-4-12-11-13(5-6-14(12)22)17-18-15(7-9-21(2,3)20(18)24)23-16-8-10-25-19(16)17/h4-6,11,17,19H,1,7-10H2,2-3H3. The third-order valence-electron chi connectivity index (χ3n) is 5.63. The molecule has 0 bridgehead atoms. The molecule has 0 spiro atoms. The first kappa shape index (κ1) is 16.8. The van der Waals surface area contributed by atoms with Gasteiger partial charge in [0.25, 0.3) is 0 Å². The Morgan fingerprint density at radius 1 is 1.36 bits per heavy atom. The van der Waals surface area contributed by atoms with Gasteiger partial charge in [-0.15, -0.1) is 0 Å². The lowest BCUT2D eigenvalue weighted by Crippen LogP contribution is -2.38. The lowest BCUT2D eigenvalue weighted by molar-refractivity contribution is -0.124. The number of aliphatic imine (C=N–C) groups is 1. The Kier molecular flexibility index (Phi) is 3.99. The van der Waals surface area contributed by atoms with E-state index < -0.39 is 0 Å². The Balaban J connectivity index is 1.89. The van der Waals surface area contributed by atoms with Crippen molar-refractivity contribution in [3.05, 3.63) is 53.0 Å². The van der Waals surface area contributed by atoms with Crippen LogP contribution < -0.4 is 0 Å². The van der Waals surface area contributed by atoms with E-state index in [4.69, 9.17) is 4.99 Å². The summed E-state index contributed by atoms with van der Waals surface area (Å²) in [6, 6.07) is 5.18. The first-order valence-electron chi connectivity index (χ1n) is 8.81. The predicted octanol–water partition coefficient (Wildman–Crippen LogP) is 5.16. The van der Waals surface area contributed by atoms with Gasteiger partial charge in [-0.3, -0.25) is 9.79 Å². The largest absolute Gasteiger partial charge is 0.294 e. The van der Waals surface area contributed by atoms with Gasteiger partial charge in [0.15, 0.2) is 5.78 Å². The van der Waals surface area contributed by atoms with E-state index in [1.165, 1.54) is 11.8 Å². The number of fused-ring (bicyclic) bond motifs is 1. The first-order chi connectivity index (χ1) is 11.9. The molecule has 0 amide bonds. The van der Waals surface area contributed by atoms with Crippen molar-refractivity contribution in [3.63, 3.8) is 0 Å². The topological polar surface area (TPSA) is 29.4 Å². The van der Waals surface area contributed by atoms with Gasteiger partial charge in [0.2, 0.25) is 0 Å². The molecule has 2 unspecified atom stereocenters. The molecule has 1 fully saturated rings. The van der Waals surface area contributed by atoms with E-state index in [1.54, 1.807) is 6.08 Å². The average Bonchev–Trinajstić information content (AvgIpc) is 3.05. The molecule has 0 saturated carbocycles. The Morgan fingerprint density at radius 3 is 2.92 bits per heavy atom. The molecule has 0 aromatic heterocycles. The summed E-state index contributed by atoms with van der Waals surface area (Å²) in [5.41, 5.74) is 4.17. The van der Waals surface area contributed by atoms with Gasteiger partial charge in [-0.2, -0.15) is 11.8 Å². The van der Waals surface area contributed by atoms with Crippen LogP contribution >= 0.6 is 11.8 Å². The molecular formula is C21H22FNOS. The Labute approximate surface area is 152 Å². The van der Waals surface area contributed by atoms with E-state index >= 15 is 0 Å². The van der Waals surface area contributed by atoms with Gasteiger partial charge in [-0.25, -0.2) is 4.39 Å². The molecule has 2 nitrogen and oxygen atoms in total. The highest BCUT2D eigenvalue weighted by Crippen LogP contribution is 2.50. The van der Waals surface area contributed by atoms with Crippen LogP contribution in [0.3, 0.4) is 0 Å². The second kappa shape index (κ2) is 5.94. The monoisotopic (exact) mass is 355 g/mol. The number of ketones is 1. The second-order valence-corrected chi connectivity index (χ2v) is 8.93. The van der Waals surface area contributed by atoms with Crippen LogP contribution in [0.4, 0.5) is 4.39 Å². The summed E-state index contributed by atoms with van der Waals surface area (Å²) < 4.78 is 14.0. The van der Waals surface area contributed by atoms with E-state index in [-0.39, 0.29) is 28.2 Å². The Morgan fingerprint density at radius 2 is 2.16 bits per heavy atom. The van der Waals surface area contributed by atoms with Gasteiger partial charge in [-0.1, -0.05) is 32.6 Å². The van der Waals surface area contributed by atoms with Crippen molar-refractivity contribution in [3.8, 4) is 0 Å². The number of hydrogen-bond donors (Lipinski definition) is 0. The first-order valence-corrected chi connectivity index (χ1v) is 9.86. The summed E-state index contributed by atoms with van der Waals surface area (Å²) in [6.45, 7) is 7.77. The van der Waals surface area contributed by atoms with Crippen molar-refractivity contribution in [2.45, 2.75) is 44.3 Å². The molecule has 130 valence electrons. The molecule has 2 heterocycles. The molecule has 1 aromatic rings. The van der Waals surface area contributed by atoms with Crippen LogP contribution in [0.25, 0.3) is 6.08 Å². The van der Waals surface area contributed by atoms with Crippen LogP contribution in [0.15, 0.2) is 41.0 Å². The highest BCUT2D eigenvalue weighted by Gasteiger charge is 2.46. The molecule has 1 aromatic carbocycles. The lowest BCUT2D eigenvalue weighted by atomic mass is 9.68. The van der Waals surface area contributed by atoms with Crippen molar-refractivity contribution < 1.29 is 9.18 Å². The number of Topliss-reactive ketones (excluding diaryl/α,β-unsaturated/α-hetero) is 1. The summed E-state index contributed by atoms with van der Waals surface area (Å²) in [4.78, 5) is 18.1. The summed E-state index contributed by atoms with van der Waals surface area (Å²) in [7, 11) is 0. The van der Waals surface area contributed by atoms with Crippen LogP contribution in [0.2, 0.25) is 0 Å². The molecule has 1 aliphatic carbocycles. The number of allylic oxidation sites excluding steroid dienone is 2. The van der Waals surface area contributed by atoms with Crippen molar-refractivity contribution >= 4 is 29.3 Å². The maximum atomic E-state index is 14.0. The van der Waals surface area contributed by atoms with Gasteiger partial charge in [0.1, 0.15) is 5.82 Å². The summed E-state index contributed by atoms with van der Waals surface area (Å²) in [6.07, 6.45) is 4.21. The third-order valence-corrected chi connectivity index (χ3v) is 6.98. The van der Waals surface area contributed by atoms with Gasteiger partial charge < -0.3 is 0 Å². The minimum Gasteiger partial charge on any atom is -0.294 e. The van der Waals surface area contributed by atoms with E-state index in [2.05, 4.69) is 6.58 Å². The van der Waals surface area contributed by atoms with E-state index in [9.17, 15) is 9.18 Å². The molecule has 4 heteroatoms. The number of hydrogen-bond acceptors (Lipinski definition) is 3. The fourth-order valence-electron chi connectivity index (χ4n) is 4.13. The van der Waals surface area contributed by atoms with Gasteiger partial charge >= 0.3 is 0 Å². The van der Waals surface area contributed by atoms with Gasteiger partial charge in [-0.05, 0) is 42.7 Å². The maximum Gasteiger partial charge on any atom is 0.166 e. The number of rotatable bonds is 2. The zero-order valence-corrected chi connectivity index (χ0v) is 15.5. The van der Waals surface area contributed by atoms with Crippen LogP contribution in [0.1, 0.15) is 50.2 Å². The number of nitrogens with zero attached hydrogens (tertiary/aromatic N) is 1. The number of benzene rings is 1. The zero-order valence-electron chi connectivity index (χ0n) is 14.6. The smallest absolute Gasteiger partial charge is 0.166 e. The fourth-order valence-corrected chi connectivity index (χ4v) is 5.56. The minimum absolute atomic E-state index is 0.0265. The quantitative estimate of drug-likeness (QED) is 0.734. The normalized spacial score (nSPS) is 27.6. The molecule has 0 radical (unpaired) electrons. The Bertz CT molecular complexity index is 836. The van der Waals surface area contributed by atoms with Crippen molar-refractivity contribution in [1.29, 1.82) is 0 Å². The fraction of sp³-hybridized carbons (Fsp3) is 0.429. The molecule has 3 aliphatic rings. The molecule has 25 heavy (non-hydrogen) atoms. The third kappa shape index (κ3) is 2.62. The van der Waals surface area contributed by atoms with Gasteiger partial charge in [0, 0.05) is 33.9 Å². The number of halogens is 1. The highest BCUT2D eigenvalue weighted by molar-refractivity contribution is 8.01. The van der Waals surface area contributed by atoms with Gasteiger partial charge in [0.05, 0.1) is 5.25 Å². The maximum absolute atomic E-state index is 14.0. The van der Waals surface area contributed by atoms with E-state index in [0.29, 0.717) is 5.56 Å². The second-order valence-electron chi connectivity index (χ2n) is 7.68. The molecular weight excluding hydrogens is 333 g/mol. The molecule has 4 rings (SSSR count). The average molecular weight is 355 g/mol. The minimum atomic E-state index is -0.353. The van der Waals surface area contributed by atoms with Crippen LogP contribution in [0, 0.1) is 11.2 Å². The summed E-state index contributed by atoms with van der Waals surface area (Å²) in [5, 5.41) is 0.194. The molecule has 0 N–H and O–H groups in total. The molecule has 1 saturated heterocycles. The summed E-state index contributed by atoms with van der Waals surface area (Å²) >= 11 is 1.87. The van der Waals surface area contributed by atoms with Crippen molar-refractivity contribution in [1.82, 2.24) is 0 Å². The highest BCUT2D eigenvalue weighted by atomic mass is 32.2. The lowest BCUT2D eigenvalue weighted by Gasteiger charge is -2.38. The van der Waals surface area contributed by atoms with Crippen LogP contribution in [-0.4, -0.2) is 22.5 Å². The number of thioether (sulfide) groups is 1. The molecule has 2 atom stereocenters. The number of carbonyl (C=O) groups excluding carboxylic acids is 1. The molecule has 2 aliphatic heterocycles. The van der Waals surface area contributed by atoms with E-state index in [0.717, 1.165) is 41.8 Å². The van der Waals surface area contributed by atoms with E-state index in [1.807, 2.05) is 37.7 Å². The van der Waals surface area contributed by atoms with Crippen molar-refractivity contribution in [2.24, 2.45) is 10.4 Å². The van der Waals surface area contributed by atoms with Crippen LogP contribution in [0.5, 0.6) is 0 Å². The predicted molar refractivity (Wildman–Crippen MR) is 103 cm³/mol. The number of carbonyl (C=O) groups is 1. The Hall–Kier alpha value is -1.68. The van der Waals surface area contributed by atoms with Crippen LogP contribution in [-0.2, 0) is 4.79 Å². The summed E-state index contributed by atoms with van der Waals surface area (Å²) in [5.74, 6) is 0.945.